The second-order valence-corrected chi connectivity index (χ2v) is 9.85. The van der Waals surface area contributed by atoms with E-state index in [-0.39, 0.29) is 30.1 Å². The Morgan fingerprint density at radius 1 is 1.00 bits per heavy atom. The molecule has 4 rings (SSSR count). The van der Waals surface area contributed by atoms with E-state index in [0.717, 1.165) is 14.8 Å². The fourth-order valence-corrected chi connectivity index (χ4v) is 4.66. The highest BCUT2D eigenvalue weighted by atomic mass is 127. The summed E-state index contributed by atoms with van der Waals surface area (Å²) in [5.41, 5.74) is 2.19. The first kappa shape index (κ1) is 25.7. The SMILES string of the molecule is O=C(O)CCNC(=O)c1ccc(CN(c2ccc(I)cc2)c2nc(-c3c(F)cccc3F)cs2)cc1. The summed E-state index contributed by atoms with van der Waals surface area (Å²) in [6.07, 6.45) is -0.151. The molecule has 2 N–H and O–H groups in total. The molecule has 0 aliphatic rings. The van der Waals surface area contributed by atoms with Gasteiger partial charge in [-0.3, -0.25) is 9.59 Å². The van der Waals surface area contributed by atoms with E-state index in [9.17, 15) is 18.4 Å². The number of anilines is 2. The molecule has 1 amide bonds. The van der Waals surface area contributed by atoms with Gasteiger partial charge >= 0.3 is 5.97 Å². The van der Waals surface area contributed by atoms with Gasteiger partial charge < -0.3 is 15.3 Å². The lowest BCUT2D eigenvalue weighted by atomic mass is 10.1. The number of carboxylic acid groups (broad SMARTS) is 1. The van der Waals surface area contributed by atoms with Gasteiger partial charge in [0.1, 0.15) is 11.6 Å². The van der Waals surface area contributed by atoms with Gasteiger partial charge in [-0.25, -0.2) is 13.8 Å². The smallest absolute Gasteiger partial charge is 0.305 e. The molecule has 6 nitrogen and oxygen atoms in total. The highest BCUT2D eigenvalue weighted by Crippen LogP contribution is 2.35. The van der Waals surface area contributed by atoms with Crippen LogP contribution in [0.1, 0.15) is 22.3 Å². The number of amides is 1. The van der Waals surface area contributed by atoms with Crippen molar-refractivity contribution >= 4 is 56.6 Å². The number of carboxylic acids is 1. The van der Waals surface area contributed by atoms with E-state index in [1.807, 2.05) is 29.2 Å². The summed E-state index contributed by atoms with van der Waals surface area (Å²) in [7, 11) is 0. The number of rotatable bonds is 9. The summed E-state index contributed by atoms with van der Waals surface area (Å²) >= 11 is 3.49. The third kappa shape index (κ3) is 6.24. The molecule has 3 aromatic carbocycles. The normalized spacial score (nSPS) is 10.8. The summed E-state index contributed by atoms with van der Waals surface area (Å²) in [5.74, 6) is -2.69. The van der Waals surface area contributed by atoms with Crippen molar-refractivity contribution in [2.75, 3.05) is 11.4 Å². The molecule has 0 saturated carbocycles. The van der Waals surface area contributed by atoms with Crippen LogP contribution in [0.25, 0.3) is 11.3 Å². The Morgan fingerprint density at radius 2 is 1.67 bits per heavy atom. The Morgan fingerprint density at radius 3 is 2.31 bits per heavy atom. The predicted molar refractivity (Wildman–Crippen MR) is 143 cm³/mol. The quantitative estimate of drug-likeness (QED) is 0.217. The molecule has 0 fully saturated rings. The Kier molecular flexibility index (Phi) is 8.26. The molecule has 0 aliphatic carbocycles. The predicted octanol–water partition coefficient (Wildman–Crippen LogP) is 6.24. The lowest BCUT2D eigenvalue weighted by molar-refractivity contribution is -0.136. The fourth-order valence-electron chi connectivity index (χ4n) is 3.47. The lowest BCUT2D eigenvalue weighted by Gasteiger charge is -2.22. The first-order valence-electron chi connectivity index (χ1n) is 10.8. The number of carbonyl (C=O) groups is 2. The average Bonchev–Trinajstić information content (AvgIpc) is 3.32. The minimum absolute atomic E-state index is 0.0471. The van der Waals surface area contributed by atoms with Gasteiger partial charge in [0.15, 0.2) is 5.13 Å². The molecule has 0 saturated heterocycles. The molecule has 4 aromatic rings. The van der Waals surface area contributed by atoms with Crippen LogP contribution >= 0.6 is 33.9 Å². The van der Waals surface area contributed by atoms with E-state index in [0.29, 0.717) is 17.2 Å². The largest absolute Gasteiger partial charge is 0.481 e. The van der Waals surface area contributed by atoms with Crippen LogP contribution in [0.15, 0.2) is 72.1 Å². The molecule has 184 valence electrons. The minimum atomic E-state index is -0.982. The number of hydrogen-bond donors (Lipinski definition) is 2. The summed E-state index contributed by atoms with van der Waals surface area (Å²) in [6.45, 7) is 0.444. The van der Waals surface area contributed by atoms with Gasteiger partial charge in [0.05, 0.1) is 24.2 Å². The first-order valence-corrected chi connectivity index (χ1v) is 12.8. The lowest BCUT2D eigenvalue weighted by Crippen LogP contribution is -2.26. The second-order valence-electron chi connectivity index (χ2n) is 7.77. The highest BCUT2D eigenvalue weighted by molar-refractivity contribution is 14.1. The number of hydrogen-bond acceptors (Lipinski definition) is 5. The number of aliphatic carboxylic acids is 1. The number of nitrogens with zero attached hydrogens (tertiary/aromatic N) is 2. The van der Waals surface area contributed by atoms with Crippen molar-refractivity contribution in [2.45, 2.75) is 13.0 Å². The molecule has 10 heteroatoms. The molecule has 0 spiro atoms. The monoisotopic (exact) mass is 619 g/mol. The summed E-state index contributed by atoms with van der Waals surface area (Å²) < 4.78 is 29.7. The van der Waals surface area contributed by atoms with Crippen molar-refractivity contribution in [3.05, 3.63) is 98.4 Å². The van der Waals surface area contributed by atoms with E-state index in [4.69, 9.17) is 5.11 Å². The Balaban J connectivity index is 1.59. The van der Waals surface area contributed by atoms with E-state index in [1.165, 1.54) is 29.5 Å². The number of nitrogens with one attached hydrogen (secondary N) is 1. The summed E-state index contributed by atoms with van der Waals surface area (Å²) in [5, 5.41) is 13.5. The average molecular weight is 619 g/mol. The van der Waals surface area contributed by atoms with Crippen molar-refractivity contribution in [1.29, 1.82) is 0 Å². The maximum absolute atomic E-state index is 14.3. The van der Waals surface area contributed by atoms with Gasteiger partial charge in [0, 0.05) is 26.7 Å². The zero-order valence-corrected chi connectivity index (χ0v) is 21.7. The van der Waals surface area contributed by atoms with Gasteiger partial charge in [-0.1, -0.05) is 18.2 Å². The summed E-state index contributed by atoms with van der Waals surface area (Å²) in [4.78, 5) is 29.4. The summed E-state index contributed by atoms with van der Waals surface area (Å²) in [6, 6.07) is 18.5. The Bertz CT molecular complexity index is 1360. The van der Waals surface area contributed by atoms with Gasteiger partial charge in [-0.15, -0.1) is 11.3 Å². The zero-order valence-electron chi connectivity index (χ0n) is 18.7. The molecule has 0 unspecified atom stereocenters. The molecule has 0 aliphatic heterocycles. The van der Waals surface area contributed by atoms with E-state index in [1.54, 1.807) is 29.6 Å². The van der Waals surface area contributed by atoms with Crippen molar-refractivity contribution in [3.8, 4) is 11.3 Å². The van der Waals surface area contributed by atoms with Crippen LogP contribution in [-0.4, -0.2) is 28.5 Å². The van der Waals surface area contributed by atoms with Crippen LogP contribution in [0.3, 0.4) is 0 Å². The third-order valence-electron chi connectivity index (χ3n) is 5.26. The van der Waals surface area contributed by atoms with Crippen LogP contribution in [0.4, 0.5) is 19.6 Å². The molecule has 1 aromatic heterocycles. The molecular weight excluding hydrogens is 599 g/mol. The highest BCUT2D eigenvalue weighted by Gasteiger charge is 2.19. The third-order valence-corrected chi connectivity index (χ3v) is 6.84. The first-order chi connectivity index (χ1) is 17.3. The number of carbonyl (C=O) groups excluding carboxylic acids is 1. The number of benzene rings is 3. The fraction of sp³-hybridized carbons (Fsp3) is 0.115. The van der Waals surface area contributed by atoms with Gasteiger partial charge in [-0.05, 0) is 76.7 Å². The maximum Gasteiger partial charge on any atom is 0.305 e. The maximum atomic E-state index is 14.3. The van der Waals surface area contributed by atoms with Crippen molar-refractivity contribution in [2.24, 2.45) is 0 Å². The second kappa shape index (κ2) is 11.6. The molecule has 0 bridgehead atoms. The topological polar surface area (TPSA) is 82.5 Å². The van der Waals surface area contributed by atoms with Gasteiger partial charge in [-0.2, -0.15) is 0 Å². The minimum Gasteiger partial charge on any atom is -0.481 e. The zero-order chi connectivity index (χ0) is 25.7. The Hall–Kier alpha value is -3.38. The van der Waals surface area contributed by atoms with Crippen molar-refractivity contribution < 1.29 is 23.5 Å². The molecule has 0 atom stereocenters. The molecule has 1 heterocycles. The van der Waals surface area contributed by atoms with Crippen LogP contribution in [0.5, 0.6) is 0 Å². The Labute approximate surface area is 223 Å². The number of halogens is 3. The molecule has 0 radical (unpaired) electrons. The van der Waals surface area contributed by atoms with Crippen molar-refractivity contribution in [1.82, 2.24) is 10.3 Å². The van der Waals surface area contributed by atoms with Crippen molar-refractivity contribution in [3.63, 3.8) is 0 Å². The van der Waals surface area contributed by atoms with E-state index < -0.39 is 17.6 Å². The van der Waals surface area contributed by atoms with E-state index >= 15 is 0 Å². The van der Waals surface area contributed by atoms with Crippen LogP contribution in [0, 0.1) is 15.2 Å². The van der Waals surface area contributed by atoms with Crippen LogP contribution in [-0.2, 0) is 11.3 Å². The van der Waals surface area contributed by atoms with Crippen LogP contribution < -0.4 is 10.2 Å². The molecular formula is C26H20F2IN3O3S. The van der Waals surface area contributed by atoms with Gasteiger partial charge in [0.2, 0.25) is 0 Å². The van der Waals surface area contributed by atoms with E-state index in [2.05, 4.69) is 32.9 Å². The molecule has 36 heavy (non-hydrogen) atoms. The number of thiazole rings is 1. The standard InChI is InChI=1S/C26H20F2IN3O3S/c27-20-2-1-3-21(28)24(20)22-15-36-26(31-22)32(19-10-8-18(29)9-11-19)14-16-4-6-17(7-5-16)25(35)30-13-12-23(33)34/h1-11,15H,12-14H2,(H,30,35)(H,33,34). The van der Waals surface area contributed by atoms with Gasteiger partial charge in [0.25, 0.3) is 5.91 Å². The number of aromatic nitrogens is 1. The van der Waals surface area contributed by atoms with Crippen LogP contribution in [0.2, 0.25) is 0 Å².